The molecule has 1 aliphatic rings. The predicted molar refractivity (Wildman–Crippen MR) is 85.4 cm³/mol. The number of aryl methyl sites for hydroxylation is 2. The smallest absolute Gasteiger partial charge is 0.244 e. The predicted octanol–water partition coefficient (Wildman–Crippen LogP) is 1.45. The van der Waals surface area contributed by atoms with E-state index in [1.165, 1.54) is 5.56 Å². The average molecular weight is 298 g/mol. The number of rotatable bonds is 3. The van der Waals surface area contributed by atoms with Gasteiger partial charge in [0, 0.05) is 30.7 Å². The largest absolute Gasteiger partial charge is 0.339 e. The summed E-state index contributed by atoms with van der Waals surface area (Å²) in [7, 11) is 0. The van der Waals surface area contributed by atoms with Crippen LogP contribution >= 0.6 is 0 Å². The fourth-order valence-electron chi connectivity index (χ4n) is 3.15. The summed E-state index contributed by atoms with van der Waals surface area (Å²) in [4.78, 5) is 14.4. The summed E-state index contributed by atoms with van der Waals surface area (Å²) in [6, 6.07) is 12.2. The molecule has 1 aliphatic heterocycles. The average Bonchev–Trinajstić information content (AvgIpc) is 3.03. The third kappa shape index (κ3) is 2.90. The van der Waals surface area contributed by atoms with E-state index in [4.69, 9.17) is 5.73 Å². The van der Waals surface area contributed by atoms with Crippen molar-refractivity contribution < 1.29 is 4.79 Å². The van der Waals surface area contributed by atoms with E-state index in [2.05, 4.69) is 17.2 Å². The number of likely N-dealkylation sites (tertiary alicyclic amines) is 1. The summed E-state index contributed by atoms with van der Waals surface area (Å²) in [5.74, 6) is 0.297. The van der Waals surface area contributed by atoms with E-state index >= 15 is 0 Å². The molecule has 2 N–H and O–H groups in total. The lowest BCUT2D eigenvalue weighted by atomic mass is 9.95. The number of nitrogens with two attached hydrogens (primary N) is 1. The molecule has 2 atom stereocenters. The van der Waals surface area contributed by atoms with E-state index in [1.807, 2.05) is 43.0 Å². The van der Waals surface area contributed by atoms with Gasteiger partial charge in [0.15, 0.2) is 0 Å². The molecule has 1 aromatic carbocycles. The summed E-state index contributed by atoms with van der Waals surface area (Å²) < 4.78 is 1.76. The van der Waals surface area contributed by atoms with Gasteiger partial charge in [-0.15, -0.1) is 0 Å². The van der Waals surface area contributed by atoms with Crippen LogP contribution in [0.15, 0.2) is 36.4 Å². The molecule has 5 nitrogen and oxygen atoms in total. The highest BCUT2D eigenvalue weighted by atomic mass is 16.2. The Labute approximate surface area is 130 Å². The highest BCUT2D eigenvalue weighted by molar-refractivity contribution is 5.76. The zero-order valence-electron chi connectivity index (χ0n) is 13.1. The molecule has 1 amide bonds. The second-order valence-corrected chi connectivity index (χ2v) is 6.06. The van der Waals surface area contributed by atoms with Crippen LogP contribution in [0.4, 0.5) is 0 Å². The Kier molecular flexibility index (Phi) is 3.98. The summed E-state index contributed by atoms with van der Waals surface area (Å²) in [6.45, 7) is 5.48. The lowest BCUT2D eigenvalue weighted by Crippen LogP contribution is -2.34. The maximum Gasteiger partial charge on any atom is 0.244 e. The van der Waals surface area contributed by atoms with Crippen molar-refractivity contribution in [2.24, 2.45) is 5.73 Å². The molecular formula is C17H22N4O. The fraction of sp³-hybridized carbons (Fsp3) is 0.412. The van der Waals surface area contributed by atoms with Crippen LogP contribution in [-0.2, 0) is 11.3 Å². The maximum atomic E-state index is 12.5. The first kappa shape index (κ1) is 14.8. The first-order valence-electron chi connectivity index (χ1n) is 7.64. The number of amides is 1. The minimum atomic E-state index is -0.00759. The van der Waals surface area contributed by atoms with Crippen molar-refractivity contribution in [1.82, 2.24) is 14.7 Å². The first-order valence-corrected chi connectivity index (χ1v) is 7.64. The summed E-state index contributed by atoms with van der Waals surface area (Å²) in [5, 5.41) is 4.36. The van der Waals surface area contributed by atoms with Gasteiger partial charge in [-0.1, -0.05) is 30.3 Å². The van der Waals surface area contributed by atoms with Gasteiger partial charge in [0.1, 0.15) is 6.54 Å². The Hall–Kier alpha value is -2.14. The first-order chi connectivity index (χ1) is 10.5. The highest BCUT2D eigenvalue weighted by Crippen LogP contribution is 2.26. The fourth-order valence-corrected chi connectivity index (χ4v) is 3.15. The van der Waals surface area contributed by atoms with Gasteiger partial charge in [0.2, 0.25) is 5.91 Å². The van der Waals surface area contributed by atoms with Gasteiger partial charge in [0.25, 0.3) is 0 Å². The van der Waals surface area contributed by atoms with Gasteiger partial charge in [-0.2, -0.15) is 5.10 Å². The standard InChI is InChI=1S/C17H22N4O/c1-12-8-13(2)21(19-12)11-17(22)20-9-15(16(18)10-20)14-6-4-3-5-7-14/h3-8,15-16H,9-11,18H2,1-2H3/t15-,16+/m0/s1. The molecule has 0 unspecified atom stereocenters. The van der Waals surface area contributed by atoms with Crippen molar-refractivity contribution in [1.29, 1.82) is 0 Å². The summed E-state index contributed by atoms with van der Waals surface area (Å²) >= 11 is 0. The normalized spacial score (nSPS) is 21.3. The number of carbonyl (C=O) groups is 1. The molecular weight excluding hydrogens is 276 g/mol. The third-order valence-electron chi connectivity index (χ3n) is 4.33. The zero-order valence-corrected chi connectivity index (χ0v) is 13.1. The Bertz CT molecular complexity index is 665. The number of nitrogens with zero attached hydrogens (tertiary/aromatic N) is 3. The number of aromatic nitrogens is 2. The molecule has 1 aromatic heterocycles. The van der Waals surface area contributed by atoms with Crippen LogP contribution in [0.2, 0.25) is 0 Å². The van der Waals surface area contributed by atoms with Crippen LogP contribution in [0.25, 0.3) is 0 Å². The lowest BCUT2D eigenvalue weighted by Gasteiger charge is -2.17. The zero-order chi connectivity index (χ0) is 15.7. The summed E-state index contributed by atoms with van der Waals surface area (Å²) in [6.07, 6.45) is 0. The van der Waals surface area contributed by atoms with E-state index < -0.39 is 0 Å². The van der Waals surface area contributed by atoms with Crippen LogP contribution in [0.3, 0.4) is 0 Å². The number of hydrogen-bond donors (Lipinski definition) is 1. The Morgan fingerprint density at radius 3 is 2.64 bits per heavy atom. The monoisotopic (exact) mass is 298 g/mol. The van der Waals surface area contributed by atoms with Gasteiger partial charge >= 0.3 is 0 Å². The Morgan fingerprint density at radius 1 is 1.27 bits per heavy atom. The van der Waals surface area contributed by atoms with Gasteiger partial charge in [0.05, 0.1) is 5.69 Å². The van der Waals surface area contributed by atoms with Crippen molar-refractivity contribution in [3.8, 4) is 0 Å². The van der Waals surface area contributed by atoms with Crippen LogP contribution in [-0.4, -0.2) is 39.7 Å². The Balaban J connectivity index is 1.69. The molecule has 0 aliphatic carbocycles. The third-order valence-corrected chi connectivity index (χ3v) is 4.33. The lowest BCUT2D eigenvalue weighted by molar-refractivity contribution is -0.131. The quantitative estimate of drug-likeness (QED) is 0.933. The van der Waals surface area contributed by atoms with Crippen molar-refractivity contribution in [3.63, 3.8) is 0 Å². The molecule has 2 aromatic rings. The molecule has 0 radical (unpaired) electrons. The van der Waals surface area contributed by atoms with E-state index in [1.54, 1.807) is 4.68 Å². The summed E-state index contributed by atoms with van der Waals surface area (Å²) in [5.41, 5.74) is 9.40. The molecule has 1 saturated heterocycles. The minimum Gasteiger partial charge on any atom is -0.339 e. The topological polar surface area (TPSA) is 64.2 Å². The molecule has 0 spiro atoms. The number of benzene rings is 1. The van der Waals surface area contributed by atoms with Crippen molar-refractivity contribution in [2.75, 3.05) is 13.1 Å². The van der Waals surface area contributed by atoms with Crippen LogP contribution in [0, 0.1) is 13.8 Å². The van der Waals surface area contributed by atoms with Crippen molar-refractivity contribution in [3.05, 3.63) is 53.3 Å². The SMILES string of the molecule is Cc1cc(C)n(CC(=O)N2C[C@@H](N)[C@H](c3ccccc3)C2)n1. The molecule has 2 heterocycles. The van der Waals surface area contributed by atoms with Gasteiger partial charge < -0.3 is 10.6 Å². The molecule has 5 heteroatoms. The second kappa shape index (κ2) is 5.93. The molecule has 3 rings (SSSR count). The van der Waals surface area contributed by atoms with E-state index in [-0.39, 0.29) is 24.4 Å². The minimum absolute atomic E-state index is 0.00759. The molecule has 22 heavy (non-hydrogen) atoms. The second-order valence-electron chi connectivity index (χ2n) is 6.06. The van der Waals surface area contributed by atoms with Gasteiger partial charge in [-0.05, 0) is 25.5 Å². The maximum absolute atomic E-state index is 12.5. The van der Waals surface area contributed by atoms with Crippen LogP contribution < -0.4 is 5.73 Å². The van der Waals surface area contributed by atoms with E-state index in [0.29, 0.717) is 13.1 Å². The number of carbonyl (C=O) groups excluding carboxylic acids is 1. The molecule has 0 saturated carbocycles. The highest BCUT2D eigenvalue weighted by Gasteiger charge is 2.33. The van der Waals surface area contributed by atoms with Gasteiger partial charge in [-0.25, -0.2) is 0 Å². The Morgan fingerprint density at radius 2 is 2.00 bits per heavy atom. The molecule has 0 bridgehead atoms. The molecule has 116 valence electrons. The van der Waals surface area contributed by atoms with Crippen molar-refractivity contribution in [2.45, 2.75) is 32.4 Å². The van der Waals surface area contributed by atoms with Crippen molar-refractivity contribution >= 4 is 5.91 Å². The van der Waals surface area contributed by atoms with E-state index in [9.17, 15) is 4.79 Å². The molecule has 1 fully saturated rings. The van der Waals surface area contributed by atoms with E-state index in [0.717, 1.165) is 11.4 Å². The van der Waals surface area contributed by atoms with Crippen LogP contribution in [0.1, 0.15) is 22.9 Å². The van der Waals surface area contributed by atoms with Crippen LogP contribution in [0.5, 0.6) is 0 Å². The van der Waals surface area contributed by atoms with Gasteiger partial charge in [-0.3, -0.25) is 9.48 Å². The number of hydrogen-bond acceptors (Lipinski definition) is 3.